The number of amides is 1. The van der Waals surface area contributed by atoms with E-state index in [9.17, 15) is 54.0 Å². The lowest BCUT2D eigenvalue weighted by Gasteiger charge is -2.26. The first-order chi connectivity index (χ1) is 19.1. The maximum absolute atomic E-state index is 14.2. The largest absolute Gasteiger partial charge is 0.433 e. The lowest BCUT2D eigenvalue weighted by Crippen LogP contribution is -2.36. The van der Waals surface area contributed by atoms with E-state index in [2.05, 4.69) is 4.98 Å². The molecule has 0 aliphatic carbocycles. The van der Waals surface area contributed by atoms with Crippen molar-refractivity contribution in [2.45, 2.75) is 31.7 Å². The van der Waals surface area contributed by atoms with Gasteiger partial charge in [-0.1, -0.05) is 6.07 Å². The van der Waals surface area contributed by atoms with Gasteiger partial charge in [0.15, 0.2) is 0 Å². The highest BCUT2D eigenvalue weighted by atomic mass is 32.1. The van der Waals surface area contributed by atoms with Crippen molar-refractivity contribution in [3.8, 4) is 16.5 Å². The molecule has 3 heterocycles. The standard InChI is InChI=1S/C26H13F10N3OS/c27-15-2-1-12(17(28)8-15)11-39-22(26(34,35)36)9-16(14(10-37)7-23(39)40)20-4-3-19(41-20)13-5-18(24(29)30)38-21(6-13)25(31,32)33/h1-6,8-9,24H,7,11H2. The smallest absolute Gasteiger partial charge is 0.303 e. The molecule has 0 bridgehead atoms. The molecule has 0 saturated heterocycles. The Labute approximate surface area is 228 Å². The molecule has 41 heavy (non-hydrogen) atoms. The minimum absolute atomic E-state index is 0.0673. The molecule has 15 heteroatoms. The van der Waals surface area contributed by atoms with Gasteiger partial charge < -0.3 is 4.90 Å². The van der Waals surface area contributed by atoms with Gasteiger partial charge in [0.1, 0.15) is 28.7 Å². The normalized spacial score (nSPS) is 14.8. The zero-order chi connectivity index (χ0) is 30.3. The number of pyridine rings is 1. The summed E-state index contributed by atoms with van der Waals surface area (Å²) in [5.74, 6) is -3.44. The fraction of sp³-hybridized carbons (Fsp3) is 0.192. The molecule has 1 amide bonds. The van der Waals surface area contributed by atoms with Crippen LogP contribution in [-0.2, 0) is 17.5 Å². The third kappa shape index (κ3) is 6.43. The van der Waals surface area contributed by atoms with Gasteiger partial charge >= 0.3 is 12.4 Å². The second-order valence-corrected chi connectivity index (χ2v) is 9.64. The molecular formula is C26H13F10N3OS. The summed E-state index contributed by atoms with van der Waals surface area (Å²) < 4.78 is 136. The number of carbonyl (C=O) groups is 1. The number of rotatable bonds is 5. The molecule has 0 N–H and O–H groups in total. The Morgan fingerprint density at radius 1 is 0.976 bits per heavy atom. The maximum Gasteiger partial charge on any atom is 0.433 e. The van der Waals surface area contributed by atoms with Crippen LogP contribution in [0.15, 0.2) is 59.8 Å². The summed E-state index contributed by atoms with van der Waals surface area (Å²) in [6.07, 6.45) is -14.0. The first-order valence-electron chi connectivity index (χ1n) is 11.2. The van der Waals surface area contributed by atoms with Gasteiger partial charge in [0, 0.05) is 32.5 Å². The van der Waals surface area contributed by atoms with Crippen LogP contribution in [0.25, 0.3) is 16.0 Å². The molecule has 0 spiro atoms. The average Bonchev–Trinajstić information content (AvgIpc) is 3.31. The highest BCUT2D eigenvalue weighted by Crippen LogP contribution is 2.42. The van der Waals surface area contributed by atoms with E-state index in [0.29, 0.717) is 35.6 Å². The van der Waals surface area contributed by atoms with Gasteiger partial charge in [-0.2, -0.15) is 31.6 Å². The number of hydrogen-bond donors (Lipinski definition) is 0. The van der Waals surface area contributed by atoms with Gasteiger partial charge in [0.05, 0.1) is 19.0 Å². The zero-order valence-electron chi connectivity index (χ0n) is 20.0. The number of alkyl halides is 8. The lowest BCUT2D eigenvalue weighted by molar-refractivity contribution is -0.142. The summed E-state index contributed by atoms with van der Waals surface area (Å²) in [5.41, 5.74) is -5.99. The molecule has 1 aliphatic rings. The van der Waals surface area contributed by atoms with Crippen LogP contribution in [0.5, 0.6) is 0 Å². The number of carbonyl (C=O) groups excluding carboxylic acids is 1. The number of benzene rings is 1. The van der Waals surface area contributed by atoms with E-state index in [4.69, 9.17) is 0 Å². The van der Waals surface area contributed by atoms with Crippen LogP contribution >= 0.6 is 11.3 Å². The highest BCUT2D eigenvalue weighted by molar-refractivity contribution is 7.16. The molecule has 2 aromatic heterocycles. The number of nitrogens with zero attached hydrogens (tertiary/aromatic N) is 3. The minimum atomic E-state index is -5.21. The third-order valence-electron chi connectivity index (χ3n) is 5.81. The quantitative estimate of drug-likeness (QED) is 0.276. The van der Waals surface area contributed by atoms with Gasteiger partial charge in [-0.15, -0.1) is 11.3 Å². The van der Waals surface area contributed by atoms with Crippen LogP contribution < -0.4 is 0 Å². The Balaban J connectivity index is 1.82. The summed E-state index contributed by atoms with van der Waals surface area (Å²) >= 11 is 0.591. The molecule has 0 fully saturated rings. The van der Waals surface area contributed by atoms with E-state index in [0.717, 1.165) is 24.3 Å². The summed E-state index contributed by atoms with van der Waals surface area (Å²) in [4.78, 5) is 15.8. The van der Waals surface area contributed by atoms with Crippen LogP contribution in [-0.4, -0.2) is 22.0 Å². The molecule has 4 nitrogen and oxygen atoms in total. The van der Waals surface area contributed by atoms with Crippen LogP contribution in [0, 0.1) is 23.0 Å². The van der Waals surface area contributed by atoms with Gasteiger partial charge in [0.25, 0.3) is 6.43 Å². The van der Waals surface area contributed by atoms with E-state index in [-0.39, 0.29) is 20.2 Å². The highest BCUT2D eigenvalue weighted by Gasteiger charge is 2.42. The van der Waals surface area contributed by atoms with Gasteiger partial charge in [-0.05, 0) is 42.0 Å². The molecule has 0 saturated carbocycles. The summed E-state index contributed by atoms with van der Waals surface area (Å²) in [7, 11) is 0. The Morgan fingerprint density at radius 2 is 1.66 bits per heavy atom. The zero-order valence-corrected chi connectivity index (χ0v) is 20.9. The second kappa shape index (κ2) is 11.0. The lowest BCUT2D eigenvalue weighted by atomic mass is 10.0. The first kappa shape index (κ1) is 29.8. The topological polar surface area (TPSA) is 57.0 Å². The van der Waals surface area contributed by atoms with Crippen molar-refractivity contribution in [3.63, 3.8) is 0 Å². The molecule has 1 aromatic carbocycles. The maximum atomic E-state index is 14.2. The van der Waals surface area contributed by atoms with E-state index < -0.39 is 83.1 Å². The van der Waals surface area contributed by atoms with Crippen LogP contribution in [0.4, 0.5) is 43.9 Å². The Hall–Kier alpha value is -4.19. The molecule has 4 rings (SSSR count). The number of aromatic nitrogens is 1. The first-order valence-corrected chi connectivity index (χ1v) is 12.0. The summed E-state index contributed by atoms with van der Waals surface area (Å²) in [5, 5.41) is 9.65. The van der Waals surface area contributed by atoms with Crippen LogP contribution in [0.1, 0.15) is 34.7 Å². The third-order valence-corrected chi connectivity index (χ3v) is 6.98. The molecule has 0 unspecified atom stereocenters. The summed E-state index contributed by atoms with van der Waals surface area (Å²) in [6.45, 7) is -0.953. The fourth-order valence-electron chi connectivity index (χ4n) is 3.92. The minimum Gasteiger partial charge on any atom is -0.303 e. The van der Waals surface area contributed by atoms with Crippen molar-refractivity contribution in [1.82, 2.24) is 9.88 Å². The van der Waals surface area contributed by atoms with Gasteiger partial charge in [-0.3, -0.25) is 4.79 Å². The molecular weight excluding hydrogens is 592 g/mol. The van der Waals surface area contributed by atoms with Gasteiger partial charge in [0.2, 0.25) is 5.91 Å². The molecule has 214 valence electrons. The predicted octanol–water partition coefficient (Wildman–Crippen LogP) is 8.20. The van der Waals surface area contributed by atoms with E-state index in [1.165, 1.54) is 0 Å². The van der Waals surface area contributed by atoms with E-state index in [1.807, 2.05) is 0 Å². The van der Waals surface area contributed by atoms with Gasteiger partial charge in [-0.25, -0.2) is 22.5 Å². The Kier molecular flexibility index (Phi) is 7.99. The predicted molar refractivity (Wildman–Crippen MR) is 126 cm³/mol. The van der Waals surface area contributed by atoms with E-state index in [1.54, 1.807) is 6.07 Å². The van der Waals surface area contributed by atoms with Crippen LogP contribution in [0.3, 0.4) is 0 Å². The van der Waals surface area contributed by atoms with Crippen molar-refractivity contribution in [2.24, 2.45) is 0 Å². The van der Waals surface area contributed by atoms with Crippen molar-refractivity contribution < 1.29 is 48.7 Å². The van der Waals surface area contributed by atoms with E-state index >= 15 is 0 Å². The molecule has 3 aromatic rings. The Morgan fingerprint density at radius 3 is 2.24 bits per heavy atom. The van der Waals surface area contributed by atoms with Crippen molar-refractivity contribution in [3.05, 3.63) is 93.3 Å². The Bertz CT molecular complexity index is 1610. The molecule has 0 atom stereocenters. The van der Waals surface area contributed by atoms with Crippen molar-refractivity contribution >= 4 is 22.8 Å². The fourth-order valence-corrected chi connectivity index (χ4v) is 4.95. The number of hydrogen-bond acceptors (Lipinski definition) is 4. The monoisotopic (exact) mass is 605 g/mol. The number of halogens is 10. The van der Waals surface area contributed by atoms with Crippen molar-refractivity contribution in [2.75, 3.05) is 0 Å². The number of thiophene rings is 1. The second-order valence-electron chi connectivity index (χ2n) is 8.55. The molecule has 1 aliphatic heterocycles. The number of nitriles is 1. The summed E-state index contributed by atoms with van der Waals surface area (Å²) in [6, 6.07) is 7.23. The number of allylic oxidation sites excluding steroid dienone is 3. The molecule has 0 radical (unpaired) electrons. The van der Waals surface area contributed by atoms with Crippen LogP contribution in [0.2, 0.25) is 0 Å². The SMILES string of the molecule is N#CC1=C(c2ccc(-c3cc(C(F)F)nc(C(F)(F)F)c3)s2)C=C(C(F)(F)F)N(Cc2ccc(F)cc2F)C(=O)C1. The van der Waals surface area contributed by atoms with Crippen molar-refractivity contribution in [1.29, 1.82) is 5.26 Å². The average molecular weight is 605 g/mol.